The van der Waals surface area contributed by atoms with Crippen LogP contribution in [0.15, 0.2) is 128 Å². The standard InChI is InChI=1S/C38H27N2.Ir/c1-38(2)33-22-26(25-11-4-3-5-12-25)18-19-29(33)31-23-32-30-15-6-7-17-36(30)40(37(32)24-34(31)38)28-14-10-13-27(21-28)35-16-8-9-20-39-35;/h3-12,14-24H,1-2H3;/q-1;. The Labute approximate surface area is 253 Å². The van der Waals surface area contributed by atoms with Crippen LogP contribution < -0.4 is 0 Å². The summed E-state index contributed by atoms with van der Waals surface area (Å²) in [5, 5.41) is 2.54. The van der Waals surface area contributed by atoms with Gasteiger partial charge < -0.3 is 9.55 Å². The number of aromatic nitrogens is 2. The second kappa shape index (κ2) is 9.66. The van der Waals surface area contributed by atoms with Gasteiger partial charge in [-0.15, -0.1) is 29.8 Å². The Morgan fingerprint density at radius 2 is 1.41 bits per heavy atom. The molecule has 1 aliphatic carbocycles. The third-order valence-electron chi connectivity index (χ3n) is 8.56. The van der Waals surface area contributed by atoms with Crippen LogP contribution >= 0.6 is 0 Å². The molecule has 41 heavy (non-hydrogen) atoms. The van der Waals surface area contributed by atoms with E-state index in [4.69, 9.17) is 0 Å². The van der Waals surface area contributed by atoms with Crippen LogP contribution in [0.2, 0.25) is 0 Å². The van der Waals surface area contributed by atoms with Crippen LogP contribution in [0.25, 0.3) is 61.0 Å². The maximum absolute atomic E-state index is 4.57. The normalized spacial score (nSPS) is 13.1. The number of para-hydroxylation sites is 1. The first-order valence-corrected chi connectivity index (χ1v) is 13.8. The predicted molar refractivity (Wildman–Crippen MR) is 166 cm³/mol. The Hall–Kier alpha value is -4.30. The fourth-order valence-electron chi connectivity index (χ4n) is 6.55. The predicted octanol–water partition coefficient (Wildman–Crippen LogP) is 9.62. The molecule has 2 aromatic heterocycles. The van der Waals surface area contributed by atoms with E-state index >= 15 is 0 Å². The molecular formula is C38H27IrN2-. The molecular weight excluding hydrogens is 677 g/mol. The summed E-state index contributed by atoms with van der Waals surface area (Å²) < 4.78 is 2.40. The first kappa shape index (κ1) is 25.7. The Morgan fingerprint density at radius 3 is 2.24 bits per heavy atom. The molecule has 0 saturated heterocycles. The summed E-state index contributed by atoms with van der Waals surface area (Å²) in [6.07, 6.45) is 1.84. The van der Waals surface area contributed by atoms with E-state index in [1.54, 1.807) is 0 Å². The summed E-state index contributed by atoms with van der Waals surface area (Å²) in [6.45, 7) is 4.73. The van der Waals surface area contributed by atoms with Gasteiger partial charge in [0.25, 0.3) is 0 Å². The molecule has 0 atom stereocenters. The van der Waals surface area contributed by atoms with Gasteiger partial charge in [-0.1, -0.05) is 86.6 Å². The van der Waals surface area contributed by atoms with Crippen LogP contribution in [0.5, 0.6) is 0 Å². The van der Waals surface area contributed by atoms with Gasteiger partial charge in [-0.2, -0.15) is 0 Å². The zero-order chi connectivity index (χ0) is 26.8. The van der Waals surface area contributed by atoms with Crippen LogP contribution in [-0.4, -0.2) is 9.55 Å². The second-order valence-corrected chi connectivity index (χ2v) is 11.2. The number of hydrogen-bond acceptors (Lipinski definition) is 1. The zero-order valence-electron chi connectivity index (χ0n) is 22.9. The van der Waals surface area contributed by atoms with Crippen molar-refractivity contribution in [2.24, 2.45) is 0 Å². The van der Waals surface area contributed by atoms with Crippen molar-refractivity contribution in [1.29, 1.82) is 0 Å². The van der Waals surface area contributed by atoms with E-state index in [0.717, 1.165) is 16.9 Å². The number of rotatable bonds is 3. The molecule has 7 aromatic rings. The maximum atomic E-state index is 4.57. The van der Waals surface area contributed by atoms with E-state index in [0.29, 0.717) is 0 Å². The third kappa shape index (κ3) is 3.92. The molecule has 0 unspecified atom stereocenters. The monoisotopic (exact) mass is 704 g/mol. The molecule has 0 N–H and O–H groups in total. The van der Waals surface area contributed by atoms with Crippen molar-refractivity contribution in [2.75, 3.05) is 0 Å². The van der Waals surface area contributed by atoms with E-state index < -0.39 is 0 Å². The van der Waals surface area contributed by atoms with Gasteiger partial charge in [0.15, 0.2) is 0 Å². The first-order chi connectivity index (χ1) is 19.6. The molecule has 0 amide bonds. The number of fused-ring (bicyclic) bond motifs is 6. The molecule has 0 aliphatic heterocycles. The van der Waals surface area contributed by atoms with Gasteiger partial charge in [-0.05, 0) is 75.1 Å². The average molecular weight is 704 g/mol. The van der Waals surface area contributed by atoms with Crippen LogP contribution in [-0.2, 0) is 25.5 Å². The van der Waals surface area contributed by atoms with Crippen LogP contribution in [0.1, 0.15) is 25.0 Å². The molecule has 0 bridgehead atoms. The number of benzene rings is 5. The summed E-state index contributed by atoms with van der Waals surface area (Å²) in [5.74, 6) is 0. The number of pyridine rings is 1. The zero-order valence-corrected chi connectivity index (χ0v) is 25.2. The molecule has 5 aromatic carbocycles. The molecule has 199 valence electrons. The summed E-state index contributed by atoms with van der Waals surface area (Å²) in [7, 11) is 0. The van der Waals surface area contributed by atoms with Crippen LogP contribution in [0.3, 0.4) is 0 Å². The van der Waals surface area contributed by atoms with Crippen molar-refractivity contribution >= 4 is 21.8 Å². The van der Waals surface area contributed by atoms with Crippen LogP contribution in [0.4, 0.5) is 0 Å². The molecule has 1 radical (unpaired) electrons. The smallest absolute Gasteiger partial charge is 0.0527 e. The van der Waals surface area contributed by atoms with Crippen molar-refractivity contribution in [2.45, 2.75) is 19.3 Å². The topological polar surface area (TPSA) is 17.8 Å². The van der Waals surface area contributed by atoms with Gasteiger partial charge >= 0.3 is 0 Å². The molecule has 0 fully saturated rings. The molecule has 0 saturated carbocycles. The van der Waals surface area contributed by atoms with Gasteiger partial charge in [0.1, 0.15) is 0 Å². The van der Waals surface area contributed by atoms with E-state index in [-0.39, 0.29) is 25.5 Å². The molecule has 3 heteroatoms. The molecule has 2 heterocycles. The Morgan fingerprint density at radius 1 is 0.634 bits per heavy atom. The summed E-state index contributed by atoms with van der Waals surface area (Å²) in [4.78, 5) is 4.57. The second-order valence-electron chi connectivity index (χ2n) is 11.2. The van der Waals surface area contributed by atoms with Gasteiger partial charge in [-0.25, -0.2) is 0 Å². The fraction of sp³-hybridized carbons (Fsp3) is 0.0789. The summed E-state index contributed by atoms with van der Waals surface area (Å²) >= 11 is 0. The average Bonchev–Trinajstić information content (AvgIpc) is 3.45. The third-order valence-corrected chi connectivity index (χ3v) is 8.56. The number of nitrogens with zero attached hydrogens (tertiary/aromatic N) is 2. The van der Waals surface area contributed by atoms with Gasteiger partial charge in [0.2, 0.25) is 0 Å². The molecule has 0 spiro atoms. The minimum absolute atomic E-state index is 0. The SMILES string of the molecule is CC1(C)c2cc(-c3ccccc3)ccc2-c2cc3c4ccccc4n(-c4cc[c-]c(-c5ccccn5)c4)c3cc21.[Ir]. The van der Waals surface area contributed by atoms with E-state index in [9.17, 15) is 0 Å². The van der Waals surface area contributed by atoms with Crippen molar-refractivity contribution in [3.63, 3.8) is 0 Å². The van der Waals surface area contributed by atoms with Gasteiger partial charge in [0.05, 0.1) is 11.0 Å². The largest absolute Gasteiger partial charge is 0.327 e. The quantitative estimate of drug-likeness (QED) is 0.168. The van der Waals surface area contributed by atoms with E-state index in [1.165, 1.54) is 55.2 Å². The maximum Gasteiger partial charge on any atom is 0.0527 e. The first-order valence-electron chi connectivity index (χ1n) is 13.8. The van der Waals surface area contributed by atoms with Gasteiger partial charge in [0, 0.05) is 42.5 Å². The Balaban J connectivity index is 0.00000276. The molecule has 2 nitrogen and oxygen atoms in total. The minimum atomic E-state index is -0.117. The van der Waals surface area contributed by atoms with E-state index in [2.05, 4.69) is 127 Å². The van der Waals surface area contributed by atoms with Crippen molar-refractivity contribution in [1.82, 2.24) is 9.55 Å². The Bertz CT molecular complexity index is 2070. The molecule has 1 aliphatic rings. The number of hydrogen-bond donors (Lipinski definition) is 0. The van der Waals surface area contributed by atoms with Gasteiger partial charge in [-0.3, -0.25) is 0 Å². The Kier molecular flexibility index (Phi) is 6.05. The van der Waals surface area contributed by atoms with Crippen molar-refractivity contribution in [3.8, 4) is 39.2 Å². The molecule has 8 rings (SSSR count). The van der Waals surface area contributed by atoms with E-state index in [1.807, 2.05) is 30.5 Å². The van der Waals surface area contributed by atoms with Crippen LogP contribution in [0, 0.1) is 6.07 Å². The fourth-order valence-corrected chi connectivity index (χ4v) is 6.55. The van der Waals surface area contributed by atoms with Crippen molar-refractivity contribution in [3.05, 3.63) is 145 Å². The minimum Gasteiger partial charge on any atom is -0.327 e. The summed E-state index contributed by atoms with van der Waals surface area (Å²) in [6, 6.07) is 47.0. The van der Waals surface area contributed by atoms with Crippen molar-refractivity contribution < 1.29 is 20.1 Å². The summed E-state index contributed by atoms with van der Waals surface area (Å²) in [5.41, 5.74) is 13.3.